The lowest BCUT2D eigenvalue weighted by molar-refractivity contribution is 0.105. The molecule has 3 nitrogen and oxygen atoms in total. The summed E-state index contributed by atoms with van der Waals surface area (Å²) in [5.41, 5.74) is 0.877. The van der Waals surface area contributed by atoms with Crippen molar-refractivity contribution in [3.8, 4) is 0 Å². The van der Waals surface area contributed by atoms with Crippen LogP contribution in [0.25, 0.3) is 0 Å². The predicted octanol–water partition coefficient (Wildman–Crippen LogP) is 1.15. The maximum absolute atomic E-state index is 12.0. The fraction of sp³-hybridized carbons (Fsp3) is 0.571. The molecule has 1 unspecified atom stereocenters. The number of aromatic amines is 1. The van der Waals surface area contributed by atoms with Crippen molar-refractivity contribution in [1.82, 2.24) is 15.5 Å². The molecule has 1 aromatic heterocycles. The average Bonchev–Trinajstić information content (AvgIpc) is 2.51. The minimum Gasteiger partial charge on any atom is -0.305 e. The third kappa shape index (κ3) is 2.58. The summed E-state index contributed by atoms with van der Waals surface area (Å²) >= 11 is 0. The highest BCUT2D eigenvalue weighted by Crippen LogP contribution is 2.01. The van der Waals surface area contributed by atoms with Gasteiger partial charge in [-0.3, -0.25) is 5.10 Å². The normalized spacial score (nSPS) is 13.7. The van der Waals surface area contributed by atoms with Gasteiger partial charge >= 0.3 is 0 Å². The number of nitrogens with one attached hydrogen (secondary N) is 2. The van der Waals surface area contributed by atoms with Crippen molar-refractivity contribution in [2.75, 3.05) is 0 Å². The van der Waals surface area contributed by atoms with Crippen molar-refractivity contribution in [2.45, 2.75) is 25.9 Å². The Hall–Kier alpha value is -0.970. The van der Waals surface area contributed by atoms with Crippen molar-refractivity contribution >= 4 is 0 Å². The van der Waals surface area contributed by atoms with E-state index < -0.39 is 12.5 Å². The Morgan fingerprint density at radius 2 is 2.42 bits per heavy atom. The first kappa shape index (κ1) is 9.12. The van der Waals surface area contributed by atoms with Crippen LogP contribution >= 0.6 is 0 Å². The number of H-pyrrole nitrogens is 1. The minimum absolute atomic E-state index is 0.419. The van der Waals surface area contributed by atoms with E-state index >= 15 is 0 Å². The molecule has 0 spiro atoms. The number of aromatic nitrogens is 2. The van der Waals surface area contributed by atoms with E-state index in [0.29, 0.717) is 6.54 Å². The molecule has 0 radical (unpaired) electrons. The third-order valence-electron chi connectivity index (χ3n) is 1.56. The first-order valence-electron chi connectivity index (χ1n) is 3.69. The molecule has 0 fully saturated rings. The summed E-state index contributed by atoms with van der Waals surface area (Å²) in [5.74, 6) is 0. The van der Waals surface area contributed by atoms with Gasteiger partial charge in [0.2, 0.25) is 0 Å². The molecule has 0 aromatic carbocycles. The fourth-order valence-electron chi connectivity index (χ4n) is 0.742. The molecule has 0 aliphatic rings. The Labute approximate surface area is 69.2 Å². The molecule has 68 valence electrons. The van der Waals surface area contributed by atoms with E-state index in [9.17, 15) is 8.78 Å². The first-order chi connectivity index (χ1) is 5.70. The van der Waals surface area contributed by atoms with E-state index in [1.807, 2.05) is 0 Å². The van der Waals surface area contributed by atoms with Crippen LogP contribution in [0.3, 0.4) is 0 Å². The van der Waals surface area contributed by atoms with E-state index in [1.165, 1.54) is 6.92 Å². The van der Waals surface area contributed by atoms with Crippen LogP contribution in [0.1, 0.15) is 12.5 Å². The lowest BCUT2D eigenvalue weighted by Crippen LogP contribution is -2.31. The monoisotopic (exact) mass is 175 g/mol. The molecule has 1 rings (SSSR count). The van der Waals surface area contributed by atoms with Crippen LogP contribution in [0.15, 0.2) is 12.4 Å². The number of hydrogen-bond acceptors (Lipinski definition) is 2. The molecule has 0 aliphatic heterocycles. The lowest BCUT2D eigenvalue weighted by Gasteiger charge is -2.10. The summed E-state index contributed by atoms with van der Waals surface area (Å²) in [4.78, 5) is 0. The van der Waals surface area contributed by atoms with Crippen LogP contribution in [0, 0.1) is 0 Å². The van der Waals surface area contributed by atoms with Gasteiger partial charge in [-0.15, -0.1) is 0 Å². The molecule has 0 aliphatic carbocycles. The fourth-order valence-corrected chi connectivity index (χ4v) is 0.742. The van der Waals surface area contributed by atoms with Gasteiger partial charge in [0.1, 0.15) is 0 Å². The van der Waals surface area contributed by atoms with E-state index in [0.717, 1.165) is 5.56 Å². The van der Waals surface area contributed by atoms with Crippen LogP contribution in [0.4, 0.5) is 8.78 Å². The zero-order chi connectivity index (χ0) is 8.97. The second kappa shape index (κ2) is 4.15. The van der Waals surface area contributed by atoms with E-state index in [-0.39, 0.29) is 0 Å². The Morgan fingerprint density at radius 1 is 1.67 bits per heavy atom. The van der Waals surface area contributed by atoms with Gasteiger partial charge in [-0.1, -0.05) is 0 Å². The maximum atomic E-state index is 12.0. The minimum atomic E-state index is -2.32. The van der Waals surface area contributed by atoms with Crippen molar-refractivity contribution in [2.24, 2.45) is 0 Å². The van der Waals surface area contributed by atoms with Crippen LogP contribution in [-0.4, -0.2) is 22.7 Å². The zero-order valence-corrected chi connectivity index (χ0v) is 6.72. The smallest absolute Gasteiger partial charge is 0.253 e. The first-order valence-corrected chi connectivity index (χ1v) is 3.69. The Bertz CT molecular complexity index is 210. The highest BCUT2D eigenvalue weighted by molar-refractivity contribution is 5.01. The Balaban J connectivity index is 2.27. The Morgan fingerprint density at radius 3 is 2.92 bits per heavy atom. The summed E-state index contributed by atoms with van der Waals surface area (Å²) in [6, 6.07) is -0.778. The zero-order valence-electron chi connectivity index (χ0n) is 6.72. The van der Waals surface area contributed by atoms with Crippen molar-refractivity contribution in [3.05, 3.63) is 18.0 Å². The third-order valence-corrected chi connectivity index (χ3v) is 1.56. The summed E-state index contributed by atoms with van der Waals surface area (Å²) in [5, 5.41) is 8.97. The molecule has 0 bridgehead atoms. The van der Waals surface area contributed by atoms with Crippen LogP contribution in [0.5, 0.6) is 0 Å². The molecule has 1 atom stereocenters. The summed E-state index contributed by atoms with van der Waals surface area (Å²) in [7, 11) is 0. The SMILES string of the molecule is CC(NCc1cn[nH]c1)C(F)F. The molecule has 0 saturated heterocycles. The topological polar surface area (TPSA) is 40.7 Å². The molecule has 1 heterocycles. The molecule has 1 aromatic rings. The lowest BCUT2D eigenvalue weighted by atomic mass is 10.3. The van der Waals surface area contributed by atoms with Crippen molar-refractivity contribution in [3.63, 3.8) is 0 Å². The molecular formula is C7H11F2N3. The van der Waals surface area contributed by atoms with Gasteiger partial charge in [-0.2, -0.15) is 5.10 Å². The molecule has 0 amide bonds. The highest BCUT2D eigenvalue weighted by atomic mass is 19.3. The quantitative estimate of drug-likeness (QED) is 0.720. The number of nitrogens with zero attached hydrogens (tertiary/aromatic N) is 1. The van der Waals surface area contributed by atoms with Gasteiger partial charge in [-0.25, -0.2) is 8.78 Å². The molecular weight excluding hydrogens is 164 g/mol. The van der Waals surface area contributed by atoms with Gasteiger partial charge in [0.05, 0.1) is 12.2 Å². The van der Waals surface area contributed by atoms with E-state index in [4.69, 9.17) is 0 Å². The van der Waals surface area contributed by atoms with Crippen molar-refractivity contribution < 1.29 is 8.78 Å². The van der Waals surface area contributed by atoms with E-state index in [1.54, 1.807) is 12.4 Å². The number of hydrogen-bond donors (Lipinski definition) is 2. The molecule has 0 saturated carbocycles. The second-order valence-electron chi connectivity index (χ2n) is 2.61. The maximum Gasteiger partial charge on any atom is 0.253 e. The highest BCUT2D eigenvalue weighted by Gasteiger charge is 2.12. The van der Waals surface area contributed by atoms with Gasteiger partial charge in [-0.05, 0) is 6.92 Å². The van der Waals surface area contributed by atoms with Crippen LogP contribution in [0.2, 0.25) is 0 Å². The number of rotatable bonds is 4. The van der Waals surface area contributed by atoms with Gasteiger partial charge in [0.25, 0.3) is 6.43 Å². The predicted molar refractivity (Wildman–Crippen MR) is 40.9 cm³/mol. The standard InChI is InChI=1S/C7H11F2N3/c1-5(7(8)9)10-2-6-3-11-12-4-6/h3-5,7,10H,2H2,1H3,(H,11,12). The molecule has 2 N–H and O–H groups in total. The second-order valence-corrected chi connectivity index (χ2v) is 2.61. The summed E-state index contributed by atoms with van der Waals surface area (Å²) < 4.78 is 23.9. The van der Waals surface area contributed by atoms with E-state index in [2.05, 4.69) is 15.5 Å². The van der Waals surface area contributed by atoms with Gasteiger partial charge in [0, 0.05) is 18.3 Å². The summed E-state index contributed by atoms with van der Waals surface area (Å²) in [6.45, 7) is 1.87. The largest absolute Gasteiger partial charge is 0.305 e. The van der Waals surface area contributed by atoms with Gasteiger partial charge in [0.15, 0.2) is 0 Å². The average molecular weight is 175 g/mol. The summed E-state index contributed by atoms with van der Waals surface area (Å²) in [6.07, 6.45) is 0.952. The Kier molecular flexibility index (Phi) is 3.16. The van der Waals surface area contributed by atoms with Crippen LogP contribution < -0.4 is 5.32 Å². The molecule has 5 heteroatoms. The van der Waals surface area contributed by atoms with Crippen LogP contribution in [-0.2, 0) is 6.54 Å². The van der Waals surface area contributed by atoms with Gasteiger partial charge < -0.3 is 5.32 Å². The molecule has 12 heavy (non-hydrogen) atoms. The number of alkyl halides is 2. The van der Waals surface area contributed by atoms with Crippen molar-refractivity contribution in [1.29, 1.82) is 0 Å². The number of halogens is 2.